The predicted molar refractivity (Wildman–Crippen MR) is 128 cm³/mol. The minimum Gasteiger partial charge on any atom is -0.325 e. The molecule has 0 saturated heterocycles. The minimum atomic E-state index is -0.0645. The lowest BCUT2D eigenvalue weighted by atomic mass is 10.1. The van der Waals surface area contributed by atoms with Gasteiger partial charge >= 0.3 is 0 Å². The number of fused-ring (bicyclic) bond motifs is 1. The first-order chi connectivity index (χ1) is 14.6. The number of benzene rings is 3. The second-order valence-electron chi connectivity index (χ2n) is 6.94. The number of hydrogen-bond acceptors (Lipinski definition) is 4. The zero-order chi connectivity index (χ0) is 20.9. The molecule has 0 spiro atoms. The van der Waals surface area contributed by atoms with Gasteiger partial charge in [-0.1, -0.05) is 53.6 Å². The topological polar surface area (TPSA) is 53.8 Å². The summed E-state index contributed by atoms with van der Waals surface area (Å²) in [6.45, 7) is 2.02. The van der Waals surface area contributed by atoms with E-state index in [9.17, 15) is 4.79 Å². The van der Waals surface area contributed by atoms with E-state index in [1.165, 1.54) is 11.8 Å². The normalized spacial score (nSPS) is 13.0. The van der Waals surface area contributed by atoms with E-state index in [2.05, 4.69) is 5.32 Å². The Balaban J connectivity index is 1.52. The van der Waals surface area contributed by atoms with Gasteiger partial charge in [-0.2, -0.15) is 0 Å². The van der Waals surface area contributed by atoms with Crippen molar-refractivity contribution in [3.63, 3.8) is 0 Å². The zero-order valence-corrected chi connectivity index (χ0v) is 18.0. The highest BCUT2D eigenvalue weighted by Gasteiger charge is 2.17. The van der Waals surface area contributed by atoms with E-state index in [0.29, 0.717) is 11.4 Å². The number of thioether (sulfide) groups is 1. The molecule has 1 N–H and O–H groups in total. The molecule has 1 aliphatic rings. The summed E-state index contributed by atoms with van der Waals surface area (Å²) in [4.78, 5) is 22.0. The van der Waals surface area contributed by atoms with E-state index < -0.39 is 0 Å². The molecule has 1 amide bonds. The number of hydrogen-bond donors (Lipinski definition) is 1. The van der Waals surface area contributed by atoms with Gasteiger partial charge in [-0.05, 0) is 48.9 Å². The van der Waals surface area contributed by atoms with Gasteiger partial charge in [-0.25, -0.2) is 4.99 Å². The van der Waals surface area contributed by atoms with Crippen LogP contribution in [0, 0.1) is 6.92 Å². The number of amides is 1. The molecule has 0 unspecified atom stereocenters. The van der Waals surface area contributed by atoms with E-state index in [1.807, 2.05) is 79.7 Å². The van der Waals surface area contributed by atoms with Crippen molar-refractivity contribution in [3.05, 3.63) is 88.9 Å². The third-order valence-electron chi connectivity index (χ3n) is 4.56. The zero-order valence-electron chi connectivity index (χ0n) is 16.4. The van der Waals surface area contributed by atoms with Crippen molar-refractivity contribution in [3.8, 4) is 0 Å². The quantitative estimate of drug-likeness (QED) is 0.505. The molecule has 0 saturated carbocycles. The van der Waals surface area contributed by atoms with Gasteiger partial charge in [0.1, 0.15) is 0 Å². The van der Waals surface area contributed by atoms with Crippen LogP contribution in [0.1, 0.15) is 17.5 Å². The average Bonchev–Trinajstić information content (AvgIpc) is 2.93. The molecule has 0 fully saturated rings. The van der Waals surface area contributed by atoms with Gasteiger partial charge in [-0.3, -0.25) is 9.79 Å². The van der Waals surface area contributed by atoms with E-state index >= 15 is 0 Å². The summed E-state index contributed by atoms with van der Waals surface area (Å²) in [5, 5.41) is 4.44. The van der Waals surface area contributed by atoms with Crippen LogP contribution in [0.2, 0.25) is 5.02 Å². The maximum atomic E-state index is 12.4. The van der Waals surface area contributed by atoms with Crippen molar-refractivity contribution in [1.29, 1.82) is 0 Å². The van der Waals surface area contributed by atoms with Crippen molar-refractivity contribution in [1.82, 2.24) is 0 Å². The molecule has 1 aliphatic heterocycles. The van der Waals surface area contributed by atoms with Gasteiger partial charge in [0.15, 0.2) is 0 Å². The highest BCUT2D eigenvalue weighted by Crippen LogP contribution is 2.33. The van der Waals surface area contributed by atoms with E-state index in [4.69, 9.17) is 21.6 Å². The number of carbonyl (C=O) groups excluding carboxylic acids is 1. The number of halogens is 1. The van der Waals surface area contributed by atoms with Crippen molar-refractivity contribution < 1.29 is 4.79 Å². The minimum absolute atomic E-state index is 0.0645. The average molecular weight is 434 g/mol. The third-order valence-corrected chi connectivity index (χ3v) is 5.77. The standard InChI is InChI=1S/C24H20ClN3OS/c1-16-9-11-19(12-10-16)26-23(29)15-30-24-14-22(17-5-4-6-18(25)13-17)27-20-7-2-3-8-21(20)28-24/h2-13H,14-15H2,1H3,(H,26,29). The van der Waals surface area contributed by atoms with Gasteiger partial charge in [0.2, 0.25) is 5.91 Å². The lowest BCUT2D eigenvalue weighted by Gasteiger charge is -2.09. The van der Waals surface area contributed by atoms with E-state index in [-0.39, 0.29) is 11.7 Å². The van der Waals surface area contributed by atoms with Crippen molar-refractivity contribution >= 4 is 57.1 Å². The van der Waals surface area contributed by atoms with E-state index in [0.717, 1.165) is 38.9 Å². The molecule has 3 aromatic carbocycles. The molecule has 0 bridgehead atoms. The highest BCUT2D eigenvalue weighted by atomic mass is 35.5. The van der Waals surface area contributed by atoms with Crippen LogP contribution < -0.4 is 5.32 Å². The summed E-state index contributed by atoms with van der Waals surface area (Å²) in [5.41, 5.74) is 5.40. The van der Waals surface area contributed by atoms with Crippen LogP contribution in [-0.2, 0) is 4.79 Å². The van der Waals surface area contributed by atoms with Crippen molar-refractivity contribution in [2.45, 2.75) is 13.3 Å². The van der Waals surface area contributed by atoms with Crippen LogP contribution >= 0.6 is 23.4 Å². The van der Waals surface area contributed by atoms with Crippen LogP contribution in [0.3, 0.4) is 0 Å². The summed E-state index contributed by atoms with van der Waals surface area (Å²) < 4.78 is 0. The number of anilines is 1. The summed E-state index contributed by atoms with van der Waals surface area (Å²) >= 11 is 7.62. The lowest BCUT2D eigenvalue weighted by molar-refractivity contribution is -0.113. The Hall–Kier alpha value is -2.89. The Bertz CT molecular complexity index is 1140. The highest BCUT2D eigenvalue weighted by molar-refractivity contribution is 8.14. The van der Waals surface area contributed by atoms with Gasteiger partial charge in [0, 0.05) is 17.1 Å². The number of carbonyl (C=O) groups is 1. The number of rotatable bonds is 4. The molecule has 1 heterocycles. The Morgan fingerprint density at radius 3 is 2.47 bits per heavy atom. The molecule has 0 aromatic heterocycles. The fourth-order valence-electron chi connectivity index (χ4n) is 3.06. The van der Waals surface area contributed by atoms with Gasteiger partial charge in [-0.15, -0.1) is 11.8 Å². The van der Waals surface area contributed by atoms with Crippen LogP contribution in [0.25, 0.3) is 0 Å². The van der Waals surface area contributed by atoms with E-state index in [1.54, 1.807) is 0 Å². The molecule has 0 aliphatic carbocycles. The Kier molecular flexibility index (Phi) is 6.31. The Labute approximate surface area is 185 Å². The molecule has 4 nitrogen and oxygen atoms in total. The summed E-state index contributed by atoms with van der Waals surface area (Å²) in [5.74, 6) is 0.211. The predicted octanol–water partition coefficient (Wildman–Crippen LogP) is 6.57. The second kappa shape index (κ2) is 9.28. The molecule has 150 valence electrons. The number of aryl methyl sites for hydroxylation is 1. The number of aliphatic imine (C=N–C) groups is 2. The first-order valence-electron chi connectivity index (χ1n) is 9.56. The van der Waals surface area contributed by atoms with Gasteiger partial charge in [0.25, 0.3) is 0 Å². The van der Waals surface area contributed by atoms with Gasteiger partial charge < -0.3 is 5.32 Å². The smallest absolute Gasteiger partial charge is 0.234 e. The SMILES string of the molecule is Cc1ccc(NC(=O)CSC2=Nc3ccccc3N=C(c3cccc(Cl)c3)C2)cc1. The molecule has 0 atom stereocenters. The number of para-hydroxylation sites is 2. The van der Waals surface area contributed by atoms with Crippen molar-refractivity contribution in [2.75, 3.05) is 11.1 Å². The van der Waals surface area contributed by atoms with Crippen LogP contribution in [0.15, 0.2) is 82.8 Å². The molecule has 3 aromatic rings. The number of nitrogens with zero attached hydrogens (tertiary/aromatic N) is 2. The largest absolute Gasteiger partial charge is 0.325 e. The van der Waals surface area contributed by atoms with Gasteiger partial charge in [0.05, 0.1) is 27.9 Å². The maximum Gasteiger partial charge on any atom is 0.234 e. The molecular formula is C24H20ClN3OS. The molecule has 0 radical (unpaired) electrons. The third kappa shape index (κ3) is 5.17. The van der Waals surface area contributed by atoms with Crippen molar-refractivity contribution in [2.24, 2.45) is 9.98 Å². The first-order valence-corrected chi connectivity index (χ1v) is 10.9. The molecular weight excluding hydrogens is 414 g/mol. The Morgan fingerprint density at radius 1 is 1.00 bits per heavy atom. The maximum absolute atomic E-state index is 12.4. The molecule has 30 heavy (non-hydrogen) atoms. The monoisotopic (exact) mass is 433 g/mol. The molecule has 6 heteroatoms. The summed E-state index contributed by atoms with van der Waals surface area (Å²) in [7, 11) is 0. The first kappa shape index (κ1) is 20.4. The number of nitrogens with one attached hydrogen (secondary N) is 1. The lowest BCUT2D eigenvalue weighted by Crippen LogP contribution is -2.16. The fourth-order valence-corrected chi connectivity index (χ4v) is 4.02. The Morgan fingerprint density at radius 2 is 1.73 bits per heavy atom. The van der Waals surface area contributed by atoms with Crippen LogP contribution in [0.4, 0.5) is 17.1 Å². The molecule has 4 rings (SSSR count). The summed E-state index contributed by atoms with van der Waals surface area (Å²) in [6, 6.07) is 23.2. The van der Waals surface area contributed by atoms with Crippen LogP contribution in [0.5, 0.6) is 0 Å². The van der Waals surface area contributed by atoms with Crippen LogP contribution in [-0.4, -0.2) is 22.4 Å². The second-order valence-corrected chi connectivity index (χ2v) is 8.43. The fraction of sp³-hybridized carbons (Fsp3) is 0.125. The summed E-state index contributed by atoms with van der Waals surface area (Å²) in [6.07, 6.45) is 0.539.